The van der Waals surface area contributed by atoms with Crippen molar-refractivity contribution >= 4 is 0 Å². The molecule has 0 bridgehead atoms. The lowest BCUT2D eigenvalue weighted by Crippen LogP contribution is -2.28. The molecule has 3 rings (SSSR count). The van der Waals surface area contributed by atoms with E-state index in [1.165, 1.54) is 6.92 Å². The van der Waals surface area contributed by atoms with Gasteiger partial charge in [-0.15, -0.1) is 6.58 Å². The molecule has 1 saturated heterocycles. The zero-order valence-corrected chi connectivity index (χ0v) is 15.9. The summed E-state index contributed by atoms with van der Waals surface area (Å²) in [4.78, 5) is 0. The Hall–Kier alpha value is -2.52. The summed E-state index contributed by atoms with van der Waals surface area (Å²) in [6.45, 7) is 5.21. The van der Waals surface area contributed by atoms with Crippen LogP contribution in [0.1, 0.15) is 29.4 Å². The molecule has 0 aliphatic carbocycles. The van der Waals surface area contributed by atoms with Crippen LogP contribution in [0.3, 0.4) is 0 Å². The maximum Gasteiger partial charge on any atom is 0.429 e. The van der Waals surface area contributed by atoms with Crippen molar-refractivity contribution in [2.75, 3.05) is 13.2 Å². The van der Waals surface area contributed by atoms with E-state index in [0.29, 0.717) is 12.5 Å². The molecule has 1 fully saturated rings. The molecule has 0 N–H and O–H groups in total. The van der Waals surface area contributed by atoms with Gasteiger partial charge in [0.05, 0.1) is 13.2 Å². The molecule has 3 nitrogen and oxygen atoms in total. The normalized spacial score (nSPS) is 19.6. The average Bonchev–Trinajstić information content (AvgIpc) is 2.70. The Balaban J connectivity index is 1.82. The number of aryl methyl sites for hydroxylation is 1. The molecule has 1 aliphatic heterocycles. The van der Waals surface area contributed by atoms with Crippen molar-refractivity contribution in [2.45, 2.75) is 25.7 Å². The number of halogens is 6. The number of rotatable bonds is 6. The van der Waals surface area contributed by atoms with Crippen LogP contribution in [-0.2, 0) is 15.6 Å². The highest BCUT2D eigenvalue weighted by atomic mass is 19.3. The smallest absolute Gasteiger partial charge is 0.426 e. The van der Waals surface area contributed by atoms with E-state index in [2.05, 4.69) is 11.3 Å². The van der Waals surface area contributed by atoms with Gasteiger partial charge < -0.3 is 14.2 Å². The molecule has 0 atom stereocenters. The van der Waals surface area contributed by atoms with E-state index in [9.17, 15) is 26.3 Å². The first kappa shape index (κ1) is 22.2. The van der Waals surface area contributed by atoms with Crippen molar-refractivity contribution in [3.63, 3.8) is 0 Å². The van der Waals surface area contributed by atoms with Crippen LogP contribution in [0.5, 0.6) is 5.75 Å². The third-order valence-electron chi connectivity index (χ3n) is 4.62. The quantitative estimate of drug-likeness (QED) is 0.419. The number of alkyl halides is 2. The summed E-state index contributed by atoms with van der Waals surface area (Å²) in [7, 11) is 0. The van der Waals surface area contributed by atoms with Crippen LogP contribution in [0.4, 0.5) is 26.3 Å². The zero-order valence-electron chi connectivity index (χ0n) is 15.9. The van der Waals surface area contributed by atoms with Crippen LogP contribution >= 0.6 is 0 Å². The predicted octanol–water partition coefficient (Wildman–Crippen LogP) is 5.92. The van der Waals surface area contributed by atoms with E-state index in [1.807, 2.05) is 0 Å². The van der Waals surface area contributed by atoms with E-state index in [4.69, 9.17) is 9.47 Å². The number of hydrogen-bond donors (Lipinski definition) is 0. The fraction of sp³-hybridized carbons (Fsp3) is 0.333. The molecular formula is C21H18F6O3. The summed E-state index contributed by atoms with van der Waals surface area (Å²) < 4.78 is 99.9. The van der Waals surface area contributed by atoms with Gasteiger partial charge in [0.25, 0.3) is 0 Å². The van der Waals surface area contributed by atoms with E-state index < -0.39 is 47.0 Å². The monoisotopic (exact) mass is 432 g/mol. The largest absolute Gasteiger partial charge is 0.429 e. The first-order valence-electron chi connectivity index (χ1n) is 8.99. The van der Waals surface area contributed by atoms with Crippen LogP contribution in [0.15, 0.2) is 36.9 Å². The molecule has 2 aromatic rings. The fourth-order valence-electron chi connectivity index (χ4n) is 2.97. The molecule has 0 spiro atoms. The molecule has 162 valence electrons. The van der Waals surface area contributed by atoms with Gasteiger partial charge in [0.1, 0.15) is 5.56 Å². The summed E-state index contributed by atoms with van der Waals surface area (Å²) in [6.07, 6.45) is -3.39. The molecule has 1 aliphatic rings. The van der Waals surface area contributed by atoms with Crippen molar-refractivity contribution in [3.8, 4) is 5.75 Å². The van der Waals surface area contributed by atoms with Gasteiger partial charge in [0.2, 0.25) is 5.82 Å². The van der Waals surface area contributed by atoms with Gasteiger partial charge in [-0.3, -0.25) is 0 Å². The van der Waals surface area contributed by atoms with Crippen LogP contribution < -0.4 is 4.74 Å². The first-order valence-corrected chi connectivity index (χ1v) is 8.99. The average molecular weight is 432 g/mol. The lowest BCUT2D eigenvalue weighted by atomic mass is 10.1. The van der Waals surface area contributed by atoms with Gasteiger partial charge in [-0.1, -0.05) is 12.1 Å². The maximum absolute atomic E-state index is 14.5. The molecule has 0 aromatic heterocycles. The highest BCUT2D eigenvalue weighted by molar-refractivity contribution is 5.34. The van der Waals surface area contributed by atoms with Crippen molar-refractivity contribution in [2.24, 2.45) is 5.92 Å². The van der Waals surface area contributed by atoms with Crippen molar-refractivity contribution in [1.29, 1.82) is 0 Å². The van der Waals surface area contributed by atoms with Gasteiger partial charge in [-0.2, -0.15) is 13.2 Å². The number of ether oxygens (including phenoxy) is 3. The SMILES string of the molecule is C=CCC1COC(c2ccc(OC(F)(F)c3ccc(C)c(F)c3F)c(F)c2F)OC1. The Morgan fingerprint density at radius 1 is 1.00 bits per heavy atom. The molecular weight excluding hydrogens is 414 g/mol. The molecule has 30 heavy (non-hydrogen) atoms. The summed E-state index contributed by atoms with van der Waals surface area (Å²) >= 11 is 0. The third kappa shape index (κ3) is 4.32. The number of allylic oxidation sites excluding steroid dienone is 1. The minimum Gasteiger partial charge on any atom is -0.426 e. The third-order valence-corrected chi connectivity index (χ3v) is 4.62. The maximum atomic E-state index is 14.5. The Morgan fingerprint density at radius 2 is 1.67 bits per heavy atom. The lowest BCUT2D eigenvalue weighted by Gasteiger charge is -2.29. The summed E-state index contributed by atoms with van der Waals surface area (Å²) in [5.74, 6) is -7.74. The second-order valence-electron chi connectivity index (χ2n) is 6.85. The first-order chi connectivity index (χ1) is 14.2. The van der Waals surface area contributed by atoms with Crippen LogP contribution in [0.25, 0.3) is 0 Å². The van der Waals surface area contributed by atoms with Crippen LogP contribution in [0, 0.1) is 36.1 Å². The predicted molar refractivity (Wildman–Crippen MR) is 94.9 cm³/mol. The van der Waals surface area contributed by atoms with Crippen molar-refractivity contribution in [1.82, 2.24) is 0 Å². The Bertz CT molecular complexity index is 939. The van der Waals surface area contributed by atoms with E-state index in [0.717, 1.165) is 18.2 Å². The molecule has 1 heterocycles. The van der Waals surface area contributed by atoms with Gasteiger partial charge in [0, 0.05) is 11.5 Å². The van der Waals surface area contributed by atoms with E-state index in [1.54, 1.807) is 6.08 Å². The molecule has 9 heteroatoms. The Kier molecular flexibility index (Phi) is 6.42. The molecule has 0 unspecified atom stereocenters. The second kappa shape index (κ2) is 8.69. The fourth-order valence-corrected chi connectivity index (χ4v) is 2.97. The molecule has 0 saturated carbocycles. The summed E-state index contributed by atoms with van der Waals surface area (Å²) in [6, 6.07) is 3.24. The van der Waals surface area contributed by atoms with Gasteiger partial charge in [-0.25, -0.2) is 13.2 Å². The van der Waals surface area contributed by atoms with Crippen molar-refractivity contribution < 1.29 is 40.6 Å². The molecule has 2 aromatic carbocycles. The Morgan fingerprint density at radius 3 is 2.30 bits per heavy atom. The van der Waals surface area contributed by atoms with Crippen LogP contribution in [0.2, 0.25) is 0 Å². The van der Waals surface area contributed by atoms with Crippen molar-refractivity contribution in [3.05, 3.63) is 76.9 Å². The second-order valence-corrected chi connectivity index (χ2v) is 6.85. The van der Waals surface area contributed by atoms with E-state index in [-0.39, 0.29) is 30.3 Å². The molecule has 0 amide bonds. The highest BCUT2D eigenvalue weighted by Crippen LogP contribution is 2.38. The van der Waals surface area contributed by atoms with Gasteiger partial charge in [-0.05, 0) is 37.1 Å². The van der Waals surface area contributed by atoms with Gasteiger partial charge >= 0.3 is 6.11 Å². The summed E-state index contributed by atoms with van der Waals surface area (Å²) in [5.41, 5.74) is -1.98. The van der Waals surface area contributed by atoms with E-state index >= 15 is 0 Å². The Labute approximate surface area is 168 Å². The topological polar surface area (TPSA) is 27.7 Å². The minimum absolute atomic E-state index is 0.0118. The van der Waals surface area contributed by atoms with Gasteiger partial charge in [0.15, 0.2) is 29.5 Å². The zero-order chi connectivity index (χ0) is 22.1. The van der Waals surface area contributed by atoms with Crippen LogP contribution in [-0.4, -0.2) is 13.2 Å². The standard InChI is InChI=1S/C21H18F6O3/c1-3-4-12-9-28-20(29-10-12)13-6-8-15(19(25)17(13)23)30-21(26,27)14-7-5-11(2)16(22)18(14)24/h3,5-8,12,20H,1,4,9-10H2,2H3. The number of benzene rings is 2. The minimum atomic E-state index is -4.46. The highest BCUT2D eigenvalue weighted by Gasteiger charge is 2.40. The lowest BCUT2D eigenvalue weighted by molar-refractivity contribution is -0.206. The summed E-state index contributed by atoms with van der Waals surface area (Å²) in [5, 5.41) is 0. The number of hydrogen-bond acceptors (Lipinski definition) is 3. The molecule has 0 radical (unpaired) electrons.